The number of nitrogens with zero attached hydrogens (tertiary/aromatic N) is 1. The number of hydrogen-bond donors (Lipinski definition) is 3. The lowest BCUT2D eigenvalue weighted by Gasteiger charge is -2.36. The number of nitro benzene ring substituents is 1. The Labute approximate surface area is 180 Å². The van der Waals surface area contributed by atoms with Crippen LogP contribution in [0, 0.1) is 16.0 Å². The number of carboxylic acids is 1. The first kappa shape index (κ1) is 20.5. The molecule has 1 fully saturated rings. The van der Waals surface area contributed by atoms with Crippen LogP contribution in [0.25, 0.3) is 0 Å². The van der Waals surface area contributed by atoms with Gasteiger partial charge in [0.15, 0.2) is 0 Å². The fourth-order valence-electron chi connectivity index (χ4n) is 4.46. The van der Waals surface area contributed by atoms with Crippen LogP contribution in [-0.4, -0.2) is 38.6 Å². The number of alkyl halides is 1. The van der Waals surface area contributed by atoms with E-state index in [0.717, 1.165) is 5.56 Å². The van der Waals surface area contributed by atoms with Crippen molar-refractivity contribution in [3.63, 3.8) is 0 Å². The quantitative estimate of drug-likeness (QED) is 0.363. The molecule has 0 aromatic heterocycles. The van der Waals surface area contributed by atoms with Crippen molar-refractivity contribution < 1.29 is 19.6 Å². The van der Waals surface area contributed by atoms with Gasteiger partial charge in [0.05, 0.1) is 26.4 Å². The van der Waals surface area contributed by atoms with E-state index in [9.17, 15) is 24.8 Å². The lowest BCUT2D eigenvalue weighted by atomic mass is 9.78. The second-order valence-corrected chi connectivity index (χ2v) is 9.13. The predicted molar refractivity (Wildman–Crippen MR) is 113 cm³/mol. The van der Waals surface area contributed by atoms with Gasteiger partial charge in [0.1, 0.15) is 6.04 Å². The fraction of sp³-hybridized carbons (Fsp3) is 0.300. The van der Waals surface area contributed by atoms with Gasteiger partial charge >= 0.3 is 5.97 Å². The van der Waals surface area contributed by atoms with Crippen molar-refractivity contribution >= 4 is 46.6 Å². The summed E-state index contributed by atoms with van der Waals surface area (Å²) in [7, 11) is 0. The van der Waals surface area contributed by atoms with Crippen LogP contribution in [-0.2, 0) is 4.79 Å². The summed E-state index contributed by atoms with van der Waals surface area (Å²) in [5.41, 5.74) is 6.84. The van der Waals surface area contributed by atoms with E-state index in [1.165, 1.54) is 17.8 Å². The van der Waals surface area contributed by atoms with Crippen LogP contribution in [0.3, 0.4) is 0 Å². The number of thioether (sulfide) groups is 1. The van der Waals surface area contributed by atoms with Crippen molar-refractivity contribution in [1.82, 2.24) is 0 Å². The van der Waals surface area contributed by atoms with Crippen molar-refractivity contribution in [2.24, 2.45) is 11.7 Å². The number of hydrogen-bond acceptors (Lipinski definition) is 6. The average Bonchev–Trinajstić information content (AvgIpc) is 3.03. The maximum Gasteiger partial charge on any atom is 0.326 e. The smallest absolute Gasteiger partial charge is 0.326 e. The van der Waals surface area contributed by atoms with Crippen LogP contribution >= 0.6 is 23.4 Å². The number of carboxylic acid groups (broad SMARTS) is 1. The van der Waals surface area contributed by atoms with Gasteiger partial charge in [-0.1, -0.05) is 24.3 Å². The SMILES string of the molecule is NC(=O)c1cccc2c1N[C@H](C(=O)O)[C@@H]1C[C@H](Sc3ccccc3[N+](=O)[O-])[C@H](Cl)[C@H]21. The van der Waals surface area contributed by atoms with Crippen LogP contribution in [0.5, 0.6) is 0 Å². The largest absolute Gasteiger partial charge is 0.480 e. The zero-order valence-corrected chi connectivity index (χ0v) is 17.1. The molecular weight excluding hydrogens is 430 g/mol. The number of carbonyl (C=O) groups excluding carboxylic acids is 1. The molecule has 4 N–H and O–H groups in total. The first-order valence-electron chi connectivity index (χ1n) is 9.25. The van der Waals surface area contributed by atoms with Crippen molar-refractivity contribution in [1.29, 1.82) is 0 Å². The van der Waals surface area contributed by atoms with E-state index in [4.69, 9.17) is 17.3 Å². The lowest BCUT2D eigenvalue weighted by Crippen LogP contribution is -2.43. The molecule has 2 aromatic carbocycles. The predicted octanol–water partition coefficient (Wildman–Crippen LogP) is 3.44. The molecular formula is C20H18ClN3O5S. The molecule has 8 nitrogen and oxygen atoms in total. The summed E-state index contributed by atoms with van der Waals surface area (Å²) in [5.74, 6) is -2.36. The third kappa shape index (κ3) is 3.37. The van der Waals surface area contributed by atoms with E-state index in [1.54, 1.807) is 30.3 Å². The Hall–Kier alpha value is -2.78. The molecule has 1 heterocycles. The minimum Gasteiger partial charge on any atom is -0.480 e. The maximum atomic E-state index is 12.0. The highest BCUT2D eigenvalue weighted by Gasteiger charge is 2.52. The molecule has 10 heteroatoms. The van der Waals surface area contributed by atoms with E-state index in [0.29, 0.717) is 17.0 Å². The Morgan fingerprint density at radius 2 is 1.97 bits per heavy atom. The number of carbonyl (C=O) groups is 2. The maximum absolute atomic E-state index is 12.0. The number of primary amides is 1. The van der Waals surface area contributed by atoms with Crippen LogP contribution in [0.2, 0.25) is 0 Å². The van der Waals surface area contributed by atoms with Crippen LogP contribution < -0.4 is 11.1 Å². The second kappa shape index (κ2) is 7.81. The number of halogens is 1. The number of aliphatic carboxylic acids is 1. The van der Waals surface area contributed by atoms with E-state index in [-0.39, 0.29) is 28.3 Å². The molecule has 1 amide bonds. The Morgan fingerprint density at radius 1 is 1.23 bits per heavy atom. The van der Waals surface area contributed by atoms with Gasteiger partial charge in [-0.05, 0) is 30.0 Å². The molecule has 0 bridgehead atoms. The molecule has 30 heavy (non-hydrogen) atoms. The molecule has 0 spiro atoms. The molecule has 1 saturated carbocycles. The van der Waals surface area contributed by atoms with Gasteiger partial charge in [-0.15, -0.1) is 23.4 Å². The minimum absolute atomic E-state index is 0.00874. The van der Waals surface area contributed by atoms with Gasteiger partial charge in [-0.25, -0.2) is 4.79 Å². The molecule has 2 aliphatic rings. The monoisotopic (exact) mass is 447 g/mol. The van der Waals surface area contributed by atoms with Crippen molar-refractivity contribution in [3.8, 4) is 0 Å². The third-order valence-corrected chi connectivity index (χ3v) is 7.83. The van der Waals surface area contributed by atoms with Crippen LogP contribution in [0.4, 0.5) is 11.4 Å². The molecule has 2 aromatic rings. The van der Waals surface area contributed by atoms with E-state index in [1.807, 2.05) is 6.07 Å². The van der Waals surface area contributed by atoms with Gasteiger partial charge < -0.3 is 16.2 Å². The summed E-state index contributed by atoms with van der Waals surface area (Å²) in [6.45, 7) is 0. The summed E-state index contributed by atoms with van der Waals surface area (Å²) in [6.07, 6.45) is 0.458. The Bertz CT molecular complexity index is 1050. The molecule has 5 atom stereocenters. The molecule has 0 saturated heterocycles. The molecule has 156 valence electrons. The van der Waals surface area contributed by atoms with Crippen LogP contribution in [0.1, 0.15) is 28.3 Å². The standard InChI is InChI=1S/C20H18ClN3O5S/c21-16-14(30-13-7-2-1-6-12(13)24(28)29)8-11-15(16)9-4-3-5-10(19(22)25)17(9)23-18(11)20(26)27/h1-7,11,14-16,18,23H,8H2,(H2,22,25)(H,26,27)/t11-,14+,15-,16+,18+/m1/s1. The molecule has 0 radical (unpaired) electrons. The highest BCUT2D eigenvalue weighted by Crippen LogP contribution is 2.55. The van der Waals surface area contributed by atoms with Crippen molar-refractivity contribution in [2.75, 3.05) is 5.32 Å². The van der Waals surface area contributed by atoms with E-state index < -0.39 is 28.2 Å². The zero-order chi connectivity index (χ0) is 21.6. The van der Waals surface area contributed by atoms with Crippen LogP contribution in [0.15, 0.2) is 47.4 Å². The Morgan fingerprint density at radius 3 is 2.63 bits per heavy atom. The van der Waals surface area contributed by atoms with Gasteiger partial charge in [0, 0.05) is 17.2 Å². The summed E-state index contributed by atoms with van der Waals surface area (Å²) in [6, 6.07) is 10.5. The summed E-state index contributed by atoms with van der Waals surface area (Å²) >= 11 is 8.13. The number of nitrogens with two attached hydrogens (primary N) is 1. The second-order valence-electron chi connectivity index (χ2n) is 7.35. The highest BCUT2D eigenvalue weighted by molar-refractivity contribution is 8.00. The Kier molecular flexibility index (Phi) is 5.33. The number of anilines is 1. The highest BCUT2D eigenvalue weighted by atomic mass is 35.5. The number of nitrogens with one attached hydrogen (secondary N) is 1. The van der Waals surface area contributed by atoms with Gasteiger partial charge in [-0.2, -0.15) is 0 Å². The number of amides is 1. The number of benzene rings is 2. The lowest BCUT2D eigenvalue weighted by molar-refractivity contribution is -0.387. The molecule has 1 aliphatic carbocycles. The van der Waals surface area contributed by atoms with Crippen molar-refractivity contribution in [3.05, 3.63) is 63.7 Å². The number of para-hydroxylation sites is 2. The number of nitro groups is 1. The Balaban J connectivity index is 1.73. The van der Waals surface area contributed by atoms with Gasteiger partial charge in [0.2, 0.25) is 0 Å². The third-order valence-electron chi connectivity index (χ3n) is 5.72. The zero-order valence-electron chi connectivity index (χ0n) is 15.5. The minimum atomic E-state index is -1.05. The van der Waals surface area contributed by atoms with E-state index in [2.05, 4.69) is 5.32 Å². The normalized spacial score (nSPS) is 26.9. The number of fused-ring (bicyclic) bond motifs is 3. The first-order valence-corrected chi connectivity index (χ1v) is 10.6. The van der Waals surface area contributed by atoms with Gasteiger partial charge in [-0.3, -0.25) is 14.9 Å². The fourth-order valence-corrected chi connectivity index (χ4v) is 6.41. The molecule has 1 aliphatic heterocycles. The van der Waals surface area contributed by atoms with Crippen molar-refractivity contribution in [2.45, 2.75) is 33.9 Å². The average molecular weight is 448 g/mol. The number of rotatable bonds is 5. The molecule has 4 rings (SSSR count). The topological polar surface area (TPSA) is 136 Å². The summed E-state index contributed by atoms with van der Waals surface area (Å²) in [4.78, 5) is 35.3. The first-order chi connectivity index (χ1) is 14.3. The summed E-state index contributed by atoms with van der Waals surface area (Å²) in [5, 5.41) is 23.4. The van der Waals surface area contributed by atoms with Gasteiger partial charge in [0.25, 0.3) is 11.6 Å². The molecule has 0 unspecified atom stereocenters. The summed E-state index contributed by atoms with van der Waals surface area (Å²) < 4.78 is 0. The van der Waals surface area contributed by atoms with E-state index >= 15 is 0 Å².